The molecule has 0 saturated heterocycles. The van der Waals surface area contributed by atoms with Gasteiger partial charge in [0.05, 0.1) is 0 Å². The van der Waals surface area contributed by atoms with Crippen LogP contribution in [0.1, 0.15) is 10.4 Å². The molecule has 14 heavy (non-hydrogen) atoms. The molecule has 0 bridgehead atoms. The van der Waals surface area contributed by atoms with Gasteiger partial charge in [0.1, 0.15) is 0 Å². The number of aromatic nitrogens is 1. The van der Waals surface area contributed by atoms with E-state index in [1.165, 1.54) is 0 Å². The topological polar surface area (TPSA) is 32.9 Å². The van der Waals surface area contributed by atoms with Gasteiger partial charge in [0.25, 0.3) is 0 Å². The van der Waals surface area contributed by atoms with Crippen LogP contribution >= 0.6 is 27.5 Å². The molecule has 0 aliphatic heterocycles. The summed E-state index contributed by atoms with van der Waals surface area (Å²) in [7, 11) is 0. The first-order valence-electron chi connectivity index (χ1n) is 4.08. The highest BCUT2D eigenvalue weighted by Crippen LogP contribution is 2.22. The van der Waals surface area contributed by atoms with Gasteiger partial charge < -0.3 is 4.98 Å². The number of hydrogen-bond donors (Lipinski definition) is 1. The summed E-state index contributed by atoms with van der Waals surface area (Å²) in [5.74, 6) is -0.121. The van der Waals surface area contributed by atoms with Gasteiger partial charge in [0.2, 0.25) is 0 Å². The predicted octanol–water partition coefficient (Wildman–Crippen LogP) is 3.31. The minimum Gasteiger partial charge on any atom is -0.360 e. The van der Waals surface area contributed by atoms with E-state index in [1.807, 2.05) is 24.3 Å². The summed E-state index contributed by atoms with van der Waals surface area (Å²) in [5, 5.41) is 0.905. The zero-order valence-corrected chi connectivity index (χ0v) is 9.47. The lowest BCUT2D eigenvalue weighted by molar-refractivity contribution is 0.101. The van der Waals surface area contributed by atoms with Crippen LogP contribution in [0.3, 0.4) is 0 Å². The number of Topliss-reactive ketones (excluding diaryl/α,β-unsaturated/α-hetero) is 1. The molecule has 0 spiro atoms. The fourth-order valence-electron chi connectivity index (χ4n) is 1.39. The Balaban J connectivity index is 2.58. The molecule has 0 saturated carbocycles. The van der Waals surface area contributed by atoms with E-state index >= 15 is 0 Å². The average Bonchev–Trinajstić information content (AvgIpc) is 2.60. The van der Waals surface area contributed by atoms with Crippen molar-refractivity contribution in [3.05, 3.63) is 36.0 Å². The van der Waals surface area contributed by atoms with Crippen molar-refractivity contribution < 1.29 is 4.79 Å². The summed E-state index contributed by atoms with van der Waals surface area (Å²) in [4.78, 5) is 14.6. The number of benzene rings is 1. The second-order valence-corrected chi connectivity index (χ2v) is 4.79. The van der Waals surface area contributed by atoms with Crippen molar-refractivity contribution in [1.29, 1.82) is 0 Å². The van der Waals surface area contributed by atoms with Crippen molar-refractivity contribution in [2.45, 2.75) is 4.29 Å². The molecule has 0 amide bonds. The fraction of sp³-hybridized carbons (Fsp3) is 0.100. The molecule has 2 rings (SSSR count). The van der Waals surface area contributed by atoms with Gasteiger partial charge in [-0.05, 0) is 6.07 Å². The van der Waals surface area contributed by atoms with Crippen LogP contribution in [0.15, 0.2) is 30.5 Å². The zero-order chi connectivity index (χ0) is 10.1. The van der Waals surface area contributed by atoms with E-state index in [2.05, 4.69) is 20.9 Å². The Hall–Kier alpha value is -0.800. The van der Waals surface area contributed by atoms with E-state index in [0.717, 1.165) is 10.9 Å². The summed E-state index contributed by atoms with van der Waals surface area (Å²) >= 11 is 8.72. The van der Waals surface area contributed by atoms with Crippen LogP contribution in [-0.2, 0) is 0 Å². The van der Waals surface area contributed by atoms with Crippen molar-refractivity contribution in [3.8, 4) is 0 Å². The number of alkyl halides is 2. The third-order valence-electron chi connectivity index (χ3n) is 2.05. The first kappa shape index (κ1) is 9.74. The van der Waals surface area contributed by atoms with Crippen molar-refractivity contribution in [2.75, 3.05) is 0 Å². The molecule has 0 radical (unpaired) electrons. The van der Waals surface area contributed by atoms with Crippen LogP contribution < -0.4 is 0 Å². The van der Waals surface area contributed by atoms with Gasteiger partial charge >= 0.3 is 0 Å². The molecular formula is C10H7BrClNO. The number of halogens is 2. The Morgan fingerprint density at radius 3 is 2.86 bits per heavy atom. The smallest absolute Gasteiger partial charge is 0.193 e. The lowest BCUT2D eigenvalue weighted by Gasteiger charge is -1.98. The highest BCUT2D eigenvalue weighted by molar-refractivity contribution is 9.10. The van der Waals surface area contributed by atoms with Crippen LogP contribution in [0.5, 0.6) is 0 Å². The van der Waals surface area contributed by atoms with Crippen LogP contribution in [0.25, 0.3) is 10.9 Å². The van der Waals surface area contributed by atoms with Gasteiger partial charge in [-0.15, -0.1) is 11.6 Å². The molecule has 2 aromatic rings. The van der Waals surface area contributed by atoms with E-state index in [-0.39, 0.29) is 5.78 Å². The van der Waals surface area contributed by atoms with E-state index in [9.17, 15) is 4.79 Å². The van der Waals surface area contributed by atoms with Crippen LogP contribution in [0.4, 0.5) is 0 Å². The van der Waals surface area contributed by atoms with Crippen LogP contribution in [0.2, 0.25) is 0 Å². The minimum absolute atomic E-state index is 0.121. The molecule has 0 aliphatic carbocycles. The third-order valence-corrected chi connectivity index (χ3v) is 2.67. The molecule has 1 aromatic carbocycles. The number of aromatic amines is 1. The molecule has 1 aromatic heterocycles. The first-order valence-corrected chi connectivity index (χ1v) is 5.44. The monoisotopic (exact) mass is 271 g/mol. The van der Waals surface area contributed by atoms with E-state index in [0.29, 0.717) is 5.56 Å². The number of nitrogens with one attached hydrogen (secondary N) is 1. The standard InChI is InChI=1S/C10H7BrClNO/c11-10(12)9(14)7-5-13-8-4-2-1-3-6(7)8/h1-5,10,13H. The molecule has 1 N–H and O–H groups in total. The highest BCUT2D eigenvalue weighted by atomic mass is 79.9. The molecule has 0 aliphatic rings. The van der Waals surface area contributed by atoms with Crippen molar-refractivity contribution in [2.24, 2.45) is 0 Å². The Morgan fingerprint density at radius 2 is 2.14 bits per heavy atom. The summed E-state index contributed by atoms with van der Waals surface area (Å²) in [6.07, 6.45) is 1.68. The maximum Gasteiger partial charge on any atom is 0.193 e. The van der Waals surface area contributed by atoms with Crippen molar-refractivity contribution in [1.82, 2.24) is 4.98 Å². The van der Waals surface area contributed by atoms with Gasteiger partial charge in [-0.2, -0.15) is 0 Å². The molecule has 1 unspecified atom stereocenters. The predicted molar refractivity (Wildman–Crippen MR) is 61.2 cm³/mol. The minimum atomic E-state index is -0.665. The average molecular weight is 273 g/mol. The van der Waals surface area contributed by atoms with E-state index in [1.54, 1.807) is 6.20 Å². The molecule has 4 heteroatoms. The van der Waals surface area contributed by atoms with Gasteiger partial charge in [0.15, 0.2) is 10.1 Å². The third kappa shape index (κ3) is 1.57. The number of carbonyl (C=O) groups excluding carboxylic acids is 1. The first-order chi connectivity index (χ1) is 6.70. The largest absolute Gasteiger partial charge is 0.360 e. The van der Waals surface area contributed by atoms with Gasteiger partial charge in [-0.3, -0.25) is 4.79 Å². The Morgan fingerprint density at radius 1 is 1.43 bits per heavy atom. The normalized spacial score (nSPS) is 13.0. The number of hydrogen-bond acceptors (Lipinski definition) is 1. The fourth-order valence-corrected chi connectivity index (χ4v) is 1.76. The maximum absolute atomic E-state index is 11.6. The second kappa shape index (κ2) is 3.75. The van der Waals surface area contributed by atoms with Gasteiger partial charge in [0, 0.05) is 22.7 Å². The maximum atomic E-state index is 11.6. The molecule has 2 nitrogen and oxygen atoms in total. The molecule has 1 atom stereocenters. The Bertz CT molecular complexity index is 478. The zero-order valence-electron chi connectivity index (χ0n) is 7.13. The summed E-state index contributed by atoms with van der Waals surface area (Å²) in [5.41, 5.74) is 1.57. The molecular weight excluding hydrogens is 265 g/mol. The second-order valence-electron chi connectivity index (χ2n) is 2.91. The quantitative estimate of drug-likeness (QED) is 0.660. The molecule has 0 fully saturated rings. The number of ketones is 1. The number of fused-ring (bicyclic) bond motifs is 1. The highest BCUT2D eigenvalue weighted by Gasteiger charge is 2.17. The number of carbonyl (C=O) groups is 1. The van der Waals surface area contributed by atoms with Crippen LogP contribution in [-0.4, -0.2) is 15.1 Å². The molecule has 72 valence electrons. The Kier molecular flexibility index (Phi) is 2.61. The SMILES string of the molecule is O=C(c1c[nH]c2ccccc12)C(Cl)Br. The van der Waals surface area contributed by atoms with Gasteiger partial charge in [-0.1, -0.05) is 34.1 Å². The lowest BCUT2D eigenvalue weighted by atomic mass is 10.1. The van der Waals surface area contributed by atoms with E-state index in [4.69, 9.17) is 11.6 Å². The number of rotatable bonds is 2. The van der Waals surface area contributed by atoms with E-state index < -0.39 is 4.29 Å². The lowest BCUT2D eigenvalue weighted by Crippen LogP contribution is -2.06. The number of H-pyrrole nitrogens is 1. The van der Waals surface area contributed by atoms with Crippen LogP contribution in [0, 0.1) is 0 Å². The van der Waals surface area contributed by atoms with Crippen molar-refractivity contribution in [3.63, 3.8) is 0 Å². The van der Waals surface area contributed by atoms with Gasteiger partial charge in [-0.25, -0.2) is 0 Å². The van der Waals surface area contributed by atoms with Crippen molar-refractivity contribution >= 4 is 44.2 Å². The summed E-state index contributed by atoms with van der Waals surface area (Å²) in [6.45, 7) is 0. The molecule has 1 heterocycles. The Labute approximate surface area is 94.4 Å². The summed E-state index contributed by atoms with van der Waals surface area (Å²) < 4.78 is -0.665. The number of para-hydroxylation sites is 1. The summed E-state index contributed by atoms with van der Waals surface area (Å²) in [6, 6.07) is 7.62.